The second-order valence-corrected chi connectivity index (χ2v) is 5.07. The van der Waals surface area contributed by atoms with Gasteiger partial charge in [0.2, 0.25) is 0 Å². The molecule has 2 aromatic rings. The van der Waals surface area contributed by atoms with Crippen LogP contribution >= 0.6 is 11.3 Å². The number of pyridine rings is 1. The number of hydrogen-bond acceptors (Lipinski definition) is 4. The second-order valence-electron chi connectivity index (χ2n) is 4.09. The number of nitrogens with zero attached hydrogens (tertiary/aromatic N) is 2. The summed E-state index contributed by atoms with van der Waals surface area (Å²) in [5.41, 5.74) is 6.98. The van der Waals surface area contributed by atoms with Crippen LogP contribution in [0, 0.1) is 5.41 Å². The predicted octanol–water partition coefficient (Wildman–Crippen LogP) is 2.62. The highest BCUT2D eigenvalue weighted by Crippen LogP contribution is 2.29. The maximum absolute atomic E-state index is 7.58. The fourth-order valence-electron chi connectivity index (χ4n) is 1.82. The van der Waals surface area contributed by atoms with Crippen molar-refractivity contribution in [1.82, 2.24) is 4.98 Å². The first-order valence-electron chi connectivity index (χ1n) is 5.67. The van der Waals surface area contributed by atoms with E-state index < -0.39 is 0 Å². The average Bonchev–Trinajstić information content (AvgIpc) is 2.90. The molecular formula is C13H16N4S. The van der Waals surface area contributed by atoms with E-state index in [2.05, 4.69) is 28.3 Å². The summed E-state index contributed by atoms with van der Waals surface area (Å²) in [4.78, 5) is 7.54. The van der Waals surface area contributed by atoms with Gasteiger partial charge in [-0.25, -0.2) is 0 Å². The van der Waals surface area contributed by atoms with Gasteiger partial charge in [-0.1, -0.05) is 6.07 Å². The van der Waals surface area contributed by atoms with Crippen LogP contribution in [-0.4, -0.2) is 17.9 Å². The van der Waals surface area contributed by atoms with Gasteiger partial charge in [0.15, 0.2) is 0 Å². The number of aromatic nitrogens is 1. The van der Waals surface area contributed by atoms with Crippen LogP contribution in [0.3, 0.4) is 0 Å². The van der Waals surface area contributed by atoms with Crippen molar-refractivity contribution < 1.29 is 0 Å². The summed E-state index contributed by atoms with van der Waals surface area (Å²) >= 11 is 1.72. The number of hydrogen-bond donors (Lipinski definition) is 2. The molecule has 0 aliphatic rings. The van der Waals surface area contributed by atoms with E-state index in [1.165, 1.54) is 4.88 Å². The lowest BCUT2D eigenvalue weighted by molar-refractivity contribution is 0.751. The zero-order chi connectivity index (χ0) is 13.1. The Morgan fingerprint density at radius 1 is 1.44 bits per heavy atom. The highest BCUT2D eigenvalue weighted by molar-refractivity contribution is 7.10. The summed E-state index contributed by atoms with van der Waals surface area (Å²) in [5.74, 6) is -0.00386. The lowest BCUT2D eigenvalue weighted by atomic mass is 10.2. The van der Waals surface area contributed by atoms with Gasteiger partial charge < -0.3 is 10.6 Å². The summed E-state index contributed by atoms with van der Waals surface area (Å²) in [7, 11) is 1.99. The van der Waals surface area contributed by atoms with Crippen molar-refractivity contribution in [2.75, 3.05) is 11.9 Å². The zero-order valence-corrected chi connectivity index (χ0v) is 11.2. The van der Waals surface area contributed by atoms with Gasteiger partial charge in [0, 0.05) is 18.1 Å². The van der Waals surface area contributed by atoms with Crippen molar-refractivity contribution >= 4 is 22.9 Å². The van der Waals surface area contributed by atoms with Crippen LogP contribution in [-0.2, 0) is 0 Å². The van der Waals surface area contributed by atoms with E-state index in [9.17, 15) is 0 Å². The molecule has 0 saturated carbocycles. The standard InChI is InChI=1S/C13H16N4S/c1-9(11-6-4-8-18-11)17(2)10-5-3-7-16-12(10)13(14)15/h3-9H,1-2H3,(H3,14,15). The van der Waals surface area contributed by atoms with Crippen molar-refractivity contribution in [2.24, 2.45) is 5.73 Å². The smallest absolute Gasteiger partial charge is 0.143 e. The van der Waals surface area contributed by atoms with E-state index >= 15 is 0 Å². The normalized spacial score (nSPS) is 12.1. The number of nitrogens with two attached hydrogens (primary N) is 1. The summed E-state index contributed by atoms with van der Waals surface area (Å²) in [6, 6.07) is 8.18. The molecule has 0 radical (unpaired) electrons. The summed E-state index contributed by atoms with van der Waals surface area (Å²) in [6.45, 7) is 2.13. The Labute approximate surface area is 111 Å². The molecule has 2 heterocycles. The molecule has 4 nitrogen and oxygen atoms in total. The van der Waals surface area contributed by atoms with Gasteiger partial charge in [0.1, 0.15) is 11.5 Å². The Morgan fingerprint density at radius 2 is 2.22 bits per heavy atom. The van der Waals surface area contributed by atoms with E-state index in [1.54, 1.807) is 17.5 Å². The number of rotatable bonds is 4. The quantitative estimate of drug-likeness (QED) is 0.656. The summed E-state index contributed by atoms with van der Waals surface area (Å²) < 4.78 is 0. The van der Waals surface area contributed by atoms with Gasteiger partial charge in [-0.05, 0) is 30.5 Å². The maximum Gasteiger partial charge on any atom is 0.143 e. The van der Waals surface area contributed by atoms with Crippen LogP contribution < -0.4 is 10.6 Å². The molecule has 0 aromatic carbocycles. The average molecular weight is 260 g/mol. The van der Waals surface area contributed by atoms with Gasteiger partial charge in [-0.15, -0.1) is 11.3 Å². The minimum Gasteiger partial charge on any atom is -0.382 e. The molecule has 18 heavy (non-hydrogen) atoms. The number of anilines is 1. The largest absolute Gasteiger partial charge is 0.382 e. The third-order valence-corrected chi connectivity index (χ3v) is 4.00. The molecule has 2 rings (SSSR count). The van der Waals surface area contributed by atoms with Gasteiger partial charge in [-0.3, -0.25) is 10.4 Å². The molecular weight excluding hydrogens is 244 g/mol. The summed E-state index contributed by atoms with van der Waals surface area (Å²) in [5, 5.41) is 9.64. The first kappa shape index (κ1) is 12.6. The molecule has 3 N–H and O–H groups in total. The van der Waals surface area contributed by atoms with Crippen LogP contribution in [0.2, 0.25) is 0 Å². The second kappa shape index (κ2) is 5.18. The minimum atomic E-state index is -0.00386. The lowest BCUT2D eigenvalue weighted by Crippen LogP contribution is -2.25. The maximum atomic E-state index is 7.58. The Balaban J connectivity index is 2.34. The van der Waals surface area contributed by atoms with Crippen LogP contribution in [0.1, 0.15) is 23.5 Å². The van der Waals surface area contributed by atoms with Crippen molar-refractivity contribution in [2.45, 2.75) is 13.0 Å². The Hall–Kier alpha value is -1.88. The van der Waals surface area contributed by atoms with Gasteiger partial charge >= 0.3 is 0 Å². The Bertz CT molecular complexity index is 536. The molecule has 0 fully saturated rings. The molecule has 2 aromatic heterocycles. The topological polar surface area (TPSA) is 66.0 Å². The van der Waals surface area contributed by atoms with E-state index in [-0.39, 0.29) is 11.9 Å². The Kier molecular flexibility index (Phi) is 3.62. The molecule has 94 valence electrons. The zero-order valence-electron chi connectivity index (χ0n) is 10.4. The number of nitrogen functional groups attached to an aromatic ring is 1. The molecule has 0 bridgehead atoms. The molecule has 0 aliphatic carbocycles. The molecule has 0 amide bonds. The SMILES string of the molecule is CC(c1cccs1)N(C)c1cccnc1C(=N)N. The third kappa shape index (κ3) is 2.36. The van der Waals surface area contributed by atoms with E-state index in [1.807, 2.05) is 25.2 Å². The monoisotopic (exact) mass is 260 g/mol. The van der Waals surface area contributed by atoms with Crippen molar-refractivity contribution in [1.29, 1.82) is 5.41 Å². The predicted molar refractivity (Wildman–Crippen MR) is 76.4 cm³/mol. The van der Waals surface area contributed by atoms with Gasteiger partial charge in [-0.2, -0.15) is 0 Å². The number of nitrogens with one attached hydrogen (secondary N) is 1. The highest BCUT2D eigenvalue weighted by atomic mass is 32.1. The number of amidine groups is 1. The van der Waals surface area contributed by atoms with E-state index in [4.69, 9.17) is 11.1 Å². The van der Waals surface area contributed by atoms with Crippen molar-refractivity contribution in [3.8, 4) is 0 Å². The molecule has 0 saturated heterocycles. The Morgan fingerprint density at radius 3 is 2.83 bits per heavy atom. The van der Waals surface area contributed by atoms with Gasteiger partial charge in [0.25, 0.3) is 0 Å². The summed E-state index contributed by atoms with van der Waals surface area (Å²) in [6.07, 6.45) is 1.66. The van der Waals surface area contributed by atoms with E-state index in [0.29, 0.717) is 5.69 Å². The fraction of sp³-hybridized carbons (Fsp3) is 0.231. The lowest BCUT2D eigenvalue weighted by Gasteiger charge is -2.27. The highest BCUT2D eigenvalue weighted by Gasteiger charge is 2.17. The van der Waals surface area contributed by atoms with E-state index in [0.717, 1.165) is 5.69 Å². The molecule has 0 spiro atoms. The first-order valence-corrected chi connectivity index (χ1v) is 6.55. The molecule has 5 heteroatoms. The third-order valence-electron chi connectivity index (χ3n) is 2.96. The number of thiophene rings is 1. The first-order chi connectivity index (χ1) is 8.61. The van der Waals surface area contributed by atoms with Crippen molar-refractivity contribution in [3.63, 3.8) is 0 Å². The van der Waals surface area contributed by atoms with Crippen LogP contribution in [0.5, 0.6) is 0 Å². The molecule has 0 aliphatic heterocycles. The van der Waals surface area contributed by atoms with Crippen molar-refractivity contribution in [3.05, 3.63) is 46.4 Å². The fourth-order valence-corrected chi connectivity index (χ4v) is 2.64. The van der Waals surface area contributed by atoms with Crippen LogP contribution in [0.4, 0.5) is 5.69 Å². The van der Waals surface area contributed by atoms with Crippen LogP contribution in [0.15, 0.2) is 35.8 Å². The molecule has 1 unspecified atom stereocenters. The molecule has 1 atom stereocenters. The van der Waals surface area contributed by atoms with Crippen LogP contribution in [0.25, 0.3) is 0 Å². The van der Waals surface area contributed by atoms with Gasteiger partial charge in [0.05, 0.1) is 11.7 Å². The minimum absolute atomic E-state index is 0.00386.